The molecule has 1 heterocycles. The van der Waals surface area contributed by atoms with Gasteiger partial charge in [0, 0.05) is 34.5 Å². The van der Waals surface area contributed by atoms with E-state index in [1.54, 1.807) is 0 Å². The van der Waals surface area contributed by atoms with Gasteiger partial charge in [0.05, 0.1) is 0 Å². The molecule has 0 amide bonds. The first-order valence-electron chi connectivity index (χ1n) is 1.91. The Bertz CT molecular complexity index is 84.4. The molecule has 8 heavy (non-hydrogen) atoms. The van der Waals surface area contributed by atoms with Gasteiger partial charge < -0.3 is 24.0 Å². The van der Waals surface area contributed by atoms with Crippen molar-refractivity contribution in [1.82, 2.24) is 0 Å². The second-order valence-corrected chi connectivity index (χ2v) is 1.08. The third-order valence-corrected chi connectivity index (χ3v) is 0.607. The molecule has 0 saturated carbocycles. The summed E-state index contributed by atoms with van der Waals surface area (Å²) >= 11 is 0. The number of hydrogen-bond acceptors (Lipinski definition) is 0. The van der Waals surface area contributed by atoms with Crippen molar-refractivity contribution in [3.05, 3.63) is 30.6 Å². The molecule has 0 atom stereocenters. The molecule has 1 aromatic rings. The molecule has 0 aliphatic heterocycles. The Kier molecular flexibility index (Phi) is 10.9. The zero-order valence-corrected chi connectivity index (χ0v) is 7.71. The zero-order valence-electron chi connectivity index (χ0n) is 4.07. The first-order chi connectivity index (χ1) is 3.00. The summed E-state index contributed by atoms with van der Waals surface area (Å²) in [6.45, 7) is 0. The third-order valence-electron chi connectivity index (χ3n) is 0.607. The van der Waals surface area contributed by atoms with Crippen LogP contribution >= 0.6 is 0 Å². The van der Waals surface area contributed by atoms with Crippen LogP contribution in [-0.2, 0) is 22.4 Å². The van der Waals surface area contributed by atoms with E-state index in [4.69, 9.17) is 0 Å². The molecule has 1 rings (SSSR count). The molecular formula is C5H6AgIN. The average Bonchev–Trinajstić information content (AvgIpc) is 1.72. The van der Waals surface area contributed by atoms with Crippen LogP contribution in [0.15, 0.2) is 30.6 Å². The van der Waals surface area contributed by atoms with Gasteiger partial charge in [0.2, 0.25) is 0 Å². The van der Waals surface area contributed by atoms with Crippen LogP contribution in [0, 0.1) is 0 Å². The second-order valence-electron chi connectivity index (χ2n) is 1.08. The second kappa shape index (κ2) is 7.62. The molecule has 1 aromatic heterocycles. The summed E-state index contributed by atoms with van der Waals surface area (Å²) in [6.07, 6.45) is 3.75. The van der Waals surface area contributed by atoms with E-state index in [0.29, 0.717) is 0 Å². The molecule has 1 nitrogen and oxygen atoms in total. The monoisotopic (exact) mass is 314 g/mol. The number of H-pyrrole nitrogens is 1. The van der Waals surface area contributed by atoms with Crippen LogP contribution in [0.1, 0.15) is 0 Å². The molecule has 0 aromatic carbocycles. The Morgan fingerprint density at radius 3 is 1.50 bits per heavy atom. The quantitative estimate of drug-likeness (QED) is 0.371. The Morgan fingerprint density at radius 2 is 1.38 bits per heavy atom. The van der Waals surface area contributed by atoms with Crippen LogP contribution in [0.3, 0.4) is 0 Å². The van der Waals surface area contributed by atoms with Gasteiger partial charge in [0.25, 0.3) is 0 Å². The number of pyridine rings is 1. The summed E-state index contributed by atoms with van der Waals surface area (Å²) in [6, 6.07) is 5.86. The van der Waals surface area contributed by atoms with E-state index in [1.165, 1.54) is 0 Å². The van der Waals surface area contributed by atoms with Gasteiger partial charge >= 0.3 is 0 Å². The molecule has 1 N–H and O–H groups in total. The molecule has 0 aliphatic carbocycles. The Labute approximate surface area is 81.4 Å². The van der Waals surface area contributed by atoms with Crippen molar-refractivity contribution in [3.8, 4) is 0 Å². The molecule has 1 radical (unpaired) electrons. The van der Waals surface area contributed by atoms with E-state index in [9.17, 15) is 0 Å². The van der Waals surface area contributed by atoms with Crippen molar-refractivity contribution < 1.29 is 51.3 Å². The summed E-state index contributed by atoms with van der Waals surface area (Å²) in [7, 11) is 0. The van der Waals surface area contributed by atoms with Gasteiger partial charge in [-0.1, -0.05) is 6.07 Å². The number of aromatic nitrogens is 1. The number of rotatable bonds is 0. The Hall–Kier alpha value is 0.620. The van der Waals surface area contributed by atoms with E-state index >= 15 is 0 Å². The maximum absolute atomic E-state index is 2.89. The summed E-state index contributed by atoms with van der Waals surface area (Å²) in [5, 5.41) is 0. The molecule has 49 valence electrons. The van der Waals surface area contributed by atoms with Gasteiger partial charge in [0.15, 0.2) is 12.4 Å². The number of hydrogen-bond donors (Lipinski definition) is 0. The minimum atomic E-state index is 0. The Balaban J connectivity index is 0. The van der Waals surface area contributed by atoms with Gasteiger partial charge in [-0.2, -0.15) is 0 Å². The molecular weight excluding hydrogens is 309 g/mol. The van der Waals surface area contributed by atoms with Crippen LogP contribution in [-0.4, -0.2) is 0 Å². The first kappa shape index (κ1) is 11.4. The molecule has 0 bridgehead atoms. The standard InChI is InChI=1S/C5H5N.Ag.HI/c1-2-4-6-5-3-1;;/h1-5H;;1H. The fraction of sp³-hybridized carbons (Fsp3) is 0. The van der Waals surface area contributed by atoms with Gasteiger partial charge in [-0.25, -0.2) is 4.98 Å². The van der Waals surface area contributed by atoms with Crippen LogP contribution in [0.2, 0.25) is 0 Å². The number of aromatic amines is 1. The van der Waals surface area contributed by atoms with Gasteiger partial charge in [-0.3, -0.25) is 0 Å². The summed E-state index contributed by atoms with van der Waals surface area (Å²) in [5.74, 6) is 0. The van der Waals surface area contributed by atoms with Crippen molar-refractivity contribution in [1.29, 1.82) is 0 Å². The van der Waals surface area contributed by atoms with Gasteiger partial charge in [0.1, 0.15) is 0 Å². The van der Waals surface area contributed by atoms with Crippen LogP contribution in [0.25, 0.3) is 0 Å². The van der Waals surface area contributed by atoms with Crippen molar-refractivity contribution in [2.24, 2.45) is 0 Å². The third kappa shape index (κ3) is 4.77. The maximum atomic E-state index is 2.89. The molecule has 3 heteroatoms. The summed E-state index contributed by atoms with van der Waals surface area (Å²) < 4.78 is 0. The fourth-order valence-corrected chi connectivity index (χ4v) is 0.342. The number of halogens is 1. The van der Waals surface area contributed by atoms with E-state index in [1.807, 2.05) is 30.6 Å². The smallest absolute Gasteiger partial charge is 0.166 e. The predicted octanol–water partition coefficient (Wildman–Crippen LogP) is -2.50. The van der Waals surface area contributed by atoms with Crippen LogP contribution in [0.5, 0.6) is 0 Å². The fourth-order valence-electron chi connectivity index (χ4n) is 0.342. The maximum Gasteiger partial charge on any atom is 0.166 e. The zero-order chi connectivity index (χ0) is 4.24. The largest absolute Gasteiger partial charge is 1.00 e. The average molecular weight is 315 g/mol. The van der Waals surface area contributed by atoms with E-state index in [2.05, 4.69) is 4.98 Å². The van der Waals surface area contributed by atoms with Crippen LogP contribution in [0.4, 0.5) is 0 Å². The summed E-state index contributed by atoms with van der Waals surface area (Å²) in [4.78, 5) is 2.89. The topological polar surface area (TPSA) is 14.1 Å². The van der Waals surface area contributed by atoms with Gasteiger partial charge in [-0.15, -0.1) is 0 Å². The van der Waals surface area contributed by atoms with Crippen molar-refractivity contribution in [3.63, 3.8) is 0 Å². The SMILES string of the molecule is [Ag].[I-].c1cc[nH+]cc1. The van der Waals surface area contributed by atoms with Crippen molar-refractivity contribution >= 4 is 0 Å². The van der Waals surface area contributed by atoms with Crippen molar-refractivity contribution in [2.45, 2.75) is 0 Å². The molecule has 0 aliphatic rings. The molecule has 0 spiro atoms. The van der Waals surface area contributed by atoms with Gasteiger partial charge in [-0.05, 0) is 0 Å². The molecule has 0 saturated heterocycles. The minimum absolute atomic E-state index is 0. The normalized spacial score (nSPS) is 6.00. The van der Waals surface area contributed by atoms with E-state index < -0.39 is 0 Å². The van der Waals surface area contributed by atoms with E-state index in [-0.39, 0.29) is 46.4 Å². The molecule has 0 fully saturated rings. The number of nitrogens with one attached hydrogen (secondary N) is 1. The predicted molar refractivity (Wildman–Crippen MR) is 23.0 cm³/mol. The van der Waals surface area contributed by atoms with Crippen molar-refractivity contribution in [2.75, 3.05) is 0 Å². The molecule has 0 unspecified atom stereocenters. The minimum Gasteiger partial charge on any atom is -1.00 e. The Morgan fingerprint density at radius 1 is 0.875 bits per heavy atom. The van der Waals surface area contributed by atoms with E-state index in [0.717, 1.165) is 0 Å². The van der Waals surface area contributed by atoms with Crippen LogP contribution < -0.4 is 29.0 Å². The summed E-state index contributed by atoms with van der Waals surface area (Å²) in [5.41, 5.74) is 0. The first-order valence-corrected chi connectivity index (χ1v) is 1.91.